The lowest BCUT2D eigenvalue weighted by atomic mass is 9.99. The molecule has 0 saturated heterocycles. The van der Waals surface area contributed by atoms with E-state index in [1.54, 1.807) is 0 Å². The van der Waals surface area contributed by atoms with Gasteiger partial charge in [0.25, 0.3) is 0 Å². The Morgan fingerprint density at radius 3 is 2.54 bits per heavy atom. The molecule has 28 heavy (non-hydrogen) atoms. The molecule has 0 aliphatic rings. The Hall–Kier alpha value is -2.60. The van der Waals surface area contributed by atoms with Crippen LogP contribution in [0.15, 0.2) is 53.7 Å². The molecule has 2 aromatic carbocycles. The molecule has 6 heteroatoms. The van der Waals surface area contributed by atoms with Gasteiger partial charge in [0, 0.05) is 18.3 Å². The number of thioether (sulfide) groups is 1. The van der Waals surface area contributed by atoms with Crippen molar-refractivity contribution in [1.29, 1.82) is 0 Å². The van der Waals surface area contributed by atoms with Gasteiger partial charge in [-0.15, -0.1) is 10.2 Å². The van der Waals surface area contributed by atoms with Crippen molar-refractivity contribution in [2.45, 2.75) is 38.3 Å². The number of aromatic nitrogens is 3. The molecule has 1 N–H and O–H groups in total. The van der Waals surface area contributed by atoms with Gasteiger partial charge in [-0.25, -0.2) is 0 Å². The number of hydrogen-bond acceptors (Lipinski definition) is 4. The second kappa shape index (κ2) is 9.06. The van der Waals surface area contributed by atoms with E-state index >= 15 is 0 Å². The number of nitrogens with zero attached hydrogens (tertiary/aromatic N) is 3. The van der Waals surface area contributed by atoms with Crippen molar-refractivity contribution in [3.63, 3.8) is 0 Å². The molecule has 0 fully saturated rings. The van der Waals surface area contributed by atoms with Crippen molar-refractivity contribution in [2.24, 2.45) is 7.05 Å². The molecule has 0 radical (unpaired) electrons. The quantitative estimate of drug-likeness (QED) is 0.571. The molecular weight excluding hydrogens is 368 g/mol. The van der Waals surface area contributed by atoms with Crippen LogP contribution in [0.2, 0.25) is 0 Å². The summed E-state index contributed by atoms with van der Waals surface area (Å²) < 4.78 is 1.93. The van der Waals surface area contributed by atoms with E-state index in [1.165, 1.54) is 17.3 Å². The van der Waals surface area contributed by atoms with E-state index in [2.05, 4.69) is 54.5 Å². The van der Waals surface area contributed by atoms with Gasteiger partial charge in [-0.3, -0.25) is 4.79 Å². The van der Waals surface area contributed by atoms with Crippen LogP contribution in [0.1, 0.15) is 37.3 Å². The predicted octanol–water partition coefficient (Wildman–Crippen LogP) is 5.03. The van der Waals surface area contributed by atoms with E-state index in [9.17, 15) is 4.79 Å². The van der Waals surface area contributed by atoms with Crippen molar-refractivity contribution in [3.8, 4) is 11.4 Å². The minimum Gasteiger partial charge on any atom is -0.325 e. The number of aryl methyl sites for hydroxylation is 1. The smallest absolute Gasteiger partial charge is 0.234 e. The Morgan fingerprint density at radius 1 is 1.14 bits per heavy atom. The van der Waals surface area contributed by atoms with Gasteiger partial charge < -0.3 is 9.88 Å². The van der Waals surface area contributed by atoms with E-state index in [-0.39, 0.29) is 11.7 Å². The lowest BCUT2D eigenvalue weighted by Gasteiger charge is -2.10. The number of carbonyl (C=O) groups is 1. The number of nitrogens with one attached hydrogen (secondary N) is 1. The number of rotatable bonds is 7. The third-order valence-corrected chi connectivity index (χ3v) is 5.95. The van der Waals surface area contributed by atoms with Gasteiger partial charge in [-0.05, 0) is 42.5 Å². The van der Waals surface area contributed by atoms with Gasteiger partial charge in [-0.1, -0.05) is 62.0 Å². The maximum Gasteiger partial charge on any atom is 0.234 e. The Labute approximate surface area is 170 Å². The van der Waals surface area contributed by atoms with Gasteiger partial charge in [0.15, 0.2) is 11.0 Å². The monoisotopic (exact) mass is 394 g/mol. The fraction of sp³-hybridized carbons (Fsp3) is 0.318. The summed E-state index contributed by atoms with van der Waals surface area (Å²) in [6.45, 7) is 6.43. The fourth-order valence-corrected chi connectivity index (χ4v) is 3.67. The second-order valence-corrected chi connectivity index (χ2v) is 7.89. The van der Waals surface area contributed by atoms with Gasteiger partial charge in [-0.2, -0.15) is 0 Å². The molecule has 1 amide bonds. The molecule has 0 saturated carbocycles. The van der Waals surface area contributed by atoms with Crippen molar-refractivity contribution in [1.82, 2.24) is 14.8 Å². The standard InChI is InChI=1S/C22H26N4OS/c1-5-15(2)17-10-12-18(13-11-17)23-20(27)14-28-22-25-24-21(26(22)4)19-9-7-6-8-16(19)3/h6-13,15H,5,14H2,1-4H3,(H,23,27)/t15-/m0/s1. The van der Waals surface area contributed by atoms with Crippen LogP contribution < -0.4 is 5.32 Å². The Morgan fingerprint density at radius 2 is 1.86 bits per heavy atom. The first kappa shape index (κ1) is 20.1. The van der Waals surface area contributed by atoms with Crippen LogP contribution in [0, 0.1) is 6.92 Å². The highest BCUT2D eigenvalue weighted by atomic mass is 32.2. The summed E-state index contributed by atoms with van der Waals surface area (Å²) in [6, 6.07) is 16.2. The van der Waals surface area contributed by atoms with Crippen LogP contribution in [-0.2, 0) is 11.8 Å². The summed E-state index contributed by atoms with van der Waals surface area (Å²) in [6.07, 6.45) is 1.10. The zero-order chi connectivity index (χ0) is 20.1. The summed E-state index contributed by atoms with van der Waals surface area (Å²) in [5.41, 5.74) is 4.30. The molecule has 0 aliphatic carbocycles. The average Bonchev–Trinajstić information content (AvgIpc) is 3.07. The van der Waals surface area contributed by atoms with Crippen LogP contribution in [0.5, 0.6) is 0 Å². The second-order valence-electron chi connectivity index (χ2n) is 6.95. The molecule has 1 heterocycles. The van der Waals surface area contributed by atoms with E-state index in [4.69, 9.17) is 0 Å². The Balaban J connectivity index is 1.60. The van der Waals surface area contributed by atoms with Gasteiger partial charge in [0.1, 0.15) is 0 Å². The highest BCUT2D eigenvalue weighted by Crippen LogP contribution is 2.25. The maximum absolute atomic E-state index is 12.3. The first-order valence-corrected chi connectivity index (χ1v) is 10.5. The van der Waals surface area contributed by atoms with Crippen molar-refractivity contribution in [2.75, 3.05) is 11.1 Å². The third kappa shape index (κ3) is 4.62. The van der Waals surface area contributed by atoms with Crippen molar-refractivity contribution < 1.29 is 4.79 Å². The van der Waals surface area contributed by atoms with Crippen LogP contribution in [0.25, 0.3) is 11.4 Å². The van der Waals surface area contributed by atoms with Crippen LogP contribution in [-0.4, -0.2) is 26.4 Å². The number of carbonyl (C=O) groups excluding carboxylic acids is 1. The summed E-state index contributed by atoms with van der Waals surface area (Å²) in [5.74, 6) is 1.56. The molecule has 146 valence electrons. The maximum atomic E-state index is 12.3. The highest BCUT2D eigenvalue weighted by Gasteiger charge is 2.14. The molecule has 3 rings (SSSR count). The van der Waals surface area contributed by atoms with Crippen molar-refractivity contribution >= 4 is 23.4 Å². The van der Waals surface area contributed by atoms with Crippen LogP contribution >= 0.6 is 11.8 Å². The molecule has 0 bridgehead atoms. The minimum atomic E-state index is -0.0540. The molecule has 1 aromatic heterocycles. The lowest BCUT2D eigenvalue weighted by molar-refractivity contribution is -0.113. The SMILES string of the molecule is CC[C@H](C)c1ccc(NC(=O)CSc2nnc(-c3ccccc3C)n2C)cc1. The summed E-state index contributed by atoms with van der Waals surface area (Å²) >= 11 is 1.38. The molecule has 3 aromatic rings. The minimum absolute atomic E-state index is 0.0540. The summed E-state index contributed by atoms with van der Waals surface area (Å²) in [7, 11) is 1.93. The molecule has 0 aliphatic heterocycles. The third-order valence-electron chi connectivity index (χ3n) is 4.93. The molecule has 1 atom stereocenters. The largest absolute Gasteiger partial charge is 0.325 e. The highest BCUT2D eigenvalue weighted by molar-refractivity contribution is 7.99. The zero-order valence-corrected chi connectivity index (χ0v) is 17.6. The molecule has 0 spiro atoms. The molecular formula is C22H26N4OS. The van der Waals surface area contributed by atoms with Crippen LogP contribution in [0.4, 0.5) is 5.69 Å². The van der Waals surface area contributed by atoms with E-state index in [1.807, 2.05) is 41.9 Å². The van der Waals surface area contributed by atoms with Crippen LogP contribution in [0.3, 0.4) is 0 Å². The number of amides is 1. The van der Waals surface area contributed by atoms with E-state index in [0.717, 1.165) is 34.2 Å². The van der Waals surface area contributed by atoms with Gasteiger partial charge in [0.05, 0.1) is 5.75 Å². The predicted molar refractivity (Wildman–Crippen MR) is 116 cm³/mol. The zero-order valence-electron chi connectivity index (χ0n) is 16.8. The molecule has 5 nitrogen and oxygen atoms in total. The number of anilines is 1. The first-order chi connectivity index (χ1) is 13.5. The van der Waals surface area contributed by atoms with Gasteiger partial charge >= 0.3 is 0 Å². The van der Waals surface area contributed by atoms with E-state index in [0.29, 0.717) is 5.92 Å². The van der Waals surface area contributed by atoms with Crippen molar-refractivity contribution in [3.05, 3.63) is 59.7 Å². The van der Waals surface area contributed by atoms with E-state index < -0.39 is 0 Å². The Bertz CT molecular complexity index is 949. The number of hydrogen-bond donors (Lipinski definition) is 1. The first-order valence-electron chi connectivity index (χ1n) is 9.47. The average molecular weight is 395 g/mol. The topological polar surface area (TPSA) is 59.8 Å². The fourth-order valence-electron chi connectivity index (χ4n) is 2.96. The normalized spacial score (nSPS) is 12.0. The molecule has 0 unspecified atom stereocenters. The number of benzene rings is 2. The summed E-state index contributed by atoms with van der Waals surface area (Å²) in [4.78, 5) is 12.3. The van der Waals surface area contributed by atoms with Gasteiger partial charge in [0.2, 0.25) is 5.91 Å². The Kier molecular flexibility index (Phi) is 6.52. The summed E-state index contributed by atoms with van der Waals surface area (Å²) in [5, 5.41) is 12.2. The lowest BCUT2D eigenvalue weighted by Crippen LogP contribution is -2.14.